The largest absolute Gasteiger partial charge is 0.287 e. The number of carbonyl (C=O) groups excluding carboxylic acids is 1. The Morgan fingerprint density at radius 2 is 2.12 bits per heavy atom. The minimum atomic E-state index is -0.109. The number of carbonyl (C=O) groups is 1. The van der Waals surface area contributed by atoms with E-state index in [1.807, 2.05) is 13.0 Å². The average molecular weight is 235 g/mol. The number of nitrogens with zero attached hydrogens (tertiary/aromatic N) is 2. The van der Waals surface area contributed by atoms with Crippen molar-refractivity contribution in [3.05, 3.63) is 52.3 Å². The molecule has 0 unspecified atom stereocenters. The van der Waals surface area contributed by atoms with Gasteiger partial charge in [-0.2, -0.15) is 5.10 Å². The molecule has 0 aliphatic carbocycles. The number of hydrogen-bond acceptors (Lipinski definition) is 2. The lowest BCUT2D eigenvalue weighted by Crippen LogP contribution is -2.03. The molecular formula is C12H11ClN2O. The summed E-state index contributed by atoms with van der Waals surface area (Å²) in [6.07, 6.45) is 1.74. The summed E-state index contributed by atoms with van der Waals surface area (Å²) in [6, 6.07) is 6.96. The third-order valence-electron chi connectivity index (χ3n) is 2.38. The van der Waals surface area contributed by atoms with Crippen LogP contribution < -0.4 is 0 Å². The molecule has 2 aromatic rings. The fraction of sp³-hybridized carbons (Fsp3) is 0.167. The Morgan fingerprint density at radius 1 is 1.38 bits per heavy atom. The Bertz CT molecular complexity index is 546. The second-order valence-electron chi connectivity index (χ2n) is 3.67. The van der Waals surface area contributed by atoms with Crippen molar-refractivity contribution in [2.24, 2.45) is 7.05 Å². The van der Waals surface area contributed by atoms with Gasteiger partial charge in [-0.05, 0) is 24.6 Å². The van der Waals surface area contributed by atoms with Crippen LogP contribution in [0.1, 0.15) is 21.6 Å². The van der Waals surface area contributed by atoms with Crippen LogP contribution in [-0.2, 0) is 7.05 Å². The quantitative estimate of drug-likeness (QED) is 0.749. The number of benzene rings is 1. The monoisotopic (exact) mass is 234 g/mol. The molecule has 0 fully saturated rings. The van der Waals surface area contributed by atoms with Crippen LogP contribution in [0.5, 0.6) is 0 Å². The molecule has 82 valence electrons. The molecule has 1 aromatic carbocycles. The first-order valence-corrected chi connectivity index (χ1v) is 5.26. The van der Waals surface area contributed by atoms with Crippen LogP contribution in [0, 0.1) is 6.92 Å². The summed E-state index contributed by atoms with van der Waals surface area (Å²) in [5, 5.41) is 4.66. The molecule has 1 heterocycles. The molecule has 0 bridgehead atoms. The third kappa shape index (κ3) is 1.99. The number of halogens is 1. The molecule has 0 saturated heterocycles. The van der Waals surface area contributed by atoms with Crippen LogP contribution in [-0.4, -0.2) is 15.6 Å². The van der Waals surface area contributed by atoms with Crippen LogP contribution in [0.4, 0.5) is 0 Å². The van der Waals surface area contributed by atoms with Gasteiger partial charge in [0, 0.05) is 23.8 Å². The van der Waals surface area contributed by atoms with Gasteiger partial charge in [-0.3, -0.25) is 9.48 Å². The molecule has 0 spiro atoms. The molecule has 3 nitrogen and oxygen atoms in total. The van der Waals surface area contributed by atoms with E-state index in [2.05, 4.69) is 5.10 Å². The molecule has 16 heavy (non-hydrogen) atoms. The second-order valence-corrected chi connectivity index (χ2v) is 4.07. The number of rotatable bonds is 2. The average Bonchev–Trinajstić information content (AvgIpc) is 2.68. The zero-order chi connectivity index (χ0) is 11.7. The predicted molar refractivity (Wildman–Crippen MR) is 62.8 cm³/mol. The van der Waals surface area contributed by atoms with Gasteiger partial charge >= 0.3 is 0 Å². The van der Waals surface area contributed by atoms with Gasteiger partial charge in [0.25, 0.3) is 0 Å². The van der Waals surface area contributed by atoms with E-state index < -0.39 is 0 Å². The smallest absolute Gasteiger partial charge is 0.213 e. The molecule has 0 amide bonds. The Morgan fingerprint density at radius 3 is 2.69 bits per heavy atom. The lowest BCUT2D eigenvalue weighted by Gasteiger charge is -2.01. The van der Waals surface area contributed by atoms with E-state index >= 15 is 0 Å². The van der Waals surface area contributed by atoms with Crippen molar-refractivity contribution >= 4 is 17.4 Å². The minimum absolute atomic E-state index is 0.109. The third-order valence-corrected chi connectivity index (χ3v) is 2.79. The normalized spacial score (nSPS) is 10.4. The lowest BCUT2D eigenvalue weighted by molar-refractivity contribution is 0.103. The van der Waals surface area contributed by atoms with E-state index in [0.29, 0.717) is 16.3 Å². The standard InChI is InChI=1S/C12H11ClN2O/c1-8-3-4-9(7-10(8)13)12(16)11-5-6-15(2)14-11/h3-7H,1-2H3. The van der Waals surface area contributed by atoms with Gasteiger partial charge in [-0.25, -0.2) is 0 Å². The van der Waals surface area contributed by atoms with E-state index in [1.165, 1.54) is 0 Å². The number of hydrogen-bond donors (Lipinski definition) is 0. The Labute approximate surface area is 98.7 Å². The summed E-state index contributed by atoms with van der Waals surface area (Å²) in [6.45, 7) is 1.90. The molecular weight excluding hydrogens is 224 g/mol. The maximum atomic E-state index is 12.0. The first kappa shape index (κ1) is 10.9. The van der Waals surface area contributed by atoms with E-state index in [1.54, 1.807) is 36.1 Å². The van der Waals surface area contributed by atoms with Crippen molar-refractivity contribution in [1.29, 1.82) is 0 Å². The number of aromatic nitrogens is 2. The molecule has 4 heteroatoms. The minimum Gasteiger partial charge on any atom is -0.287 e. The summed E-state index contributed by atoms with van der Waals surface area (Å²) in [7, 11) is 1.78. The molecule has 2 rings (SSSR count). The second kappa shape index (κ2) is 4.10. The van der Waals surface area contributed by atoms with Crippen LogP contribution in [0.2, 0.25) is 5.02 Å². The Balaban J connectivity index is 2.38. The van der Waals surface area contributed by atoms with Crippen molar-refractivity contribution in [2.75, 3.05) is 0 Å². The molecule has 1 aromatic heterocycles. The molecule has 0 saturated carbocycles. The highest BCUT2D eigenvalue weighted by Crippen LogP contribution is 2.18. The Hall–Kier alpha value is -1.61. The zero-order valence-electron chi connectivity index (χ0n) is 9.07. The van der Waals surface area contributed by atoms with Crippen LogP contribution in [0.3, 0.4) is 0 Å². The fourth-order valence-corrected chi connectivity index (χ4v) is 1.60. The summed E-state index contributed by atoms with van der Waals surface area (Å²) < 4.78 is 1.60. The lowest BCUT2D eigenvalue weighted by atomic mass is 10.1. The molecule has 0 aliphatic rings. The topological polar surface area (TPSA) is 34.9 Å². The van der Waals surface area contributed by atoms with Gasteiger partial charge in [-0.15, -0.1) is 0 Å². The zero-order valence-corrected chi connectivity index (χ0v) is 9.82. The molecule has 0 N–H and O–H groups in total. The molecule has 0 atom stereocenters. The fourth-order valence-electron chi connectivity index (χ4n) is 1.42. The van der Waals surface area contributed by atoms with Crippen molar-refractivity contribution in [2.45, 2.75) is 6.92 Å². The molecule has 0 radical (unpaired) electrons. The van der Waals surface area contributed by atoms with Gasteiger partial charge in [0.05, 0.1) is 0 Å². The van der Waals surface area contributed by atoms with Crippen molar-refractivity contribution in [3.8, 4) is 0 Å². The summed E-state index contributed by atoms with van der Waals surface area (Å²) in [5.41, 5.74) is 1.95. The maximum absolute atomic E-state index is 12.0. The Kier molecular flexibility index (Phi) is 2.79. The van der Waals surface area contributed by atoms with E-state index in [9.17, 15) is 4.79 Å². The van der Waals surface area contributed by atoms with Crippen LogP contribution >= 0.6 is 11.6 Å². The van der Waals surface area contributed by atoms with Crippen molar-refractivity contribution < 1.29 is 4.79 Å². The van der Waals surface area contributed by atoms with Crippen molar-refractivity contribution in [3.63, 3.8) is 0 Å². The number of aryl methyl sites for hydroxylation is 2. The first-order chi connectivity index (χ1) is 7.58. The first-order valence-electron chi connectivity index (χ1n) is 4.88. The van der Waals surface area contributed by atoms with Crippen molar-refractivity contribution in [1.82, 2.24) is 9.78 Å². The highest BCUT2D eigenvalue weighted by atomic mass is 35.5. The van der Waals surface area contributed by atoms with Crippen LogP contribution in [0.25, 0.3) is 0 Å². The van der Waals surface area contributed by atoms with E-state index in [4.69, 9.17) is 11.6 Å². The number of ketones is 1. The van der Waals surface area contributed by atoms with Gasteiger partial charge in [0.1, 0.15) is 5.69 Å². The van der Waals surface area contributed by atoms with E-state index in [-0.39, 0.29) is 5.78 Å². The highest BCUT2D eigenvalue weighted by molar-refractivity contribution is 6.31. The summed E-state index contributed by atoms with van der Waals surface area (Å²) >= 11 is 5.97. The van der Waals surface area contributed by atoms with Crippen LogP contribution in [0.15, 0.2) is 30.5 Å². The van der Waals surface area contributed by atoms with Gasteiger partial charge in [0.15, 0.2) is 0 Å². The van der Waals surface area contributed by atoms with E-state index in [0.717, 1.165) is 5.56 Å². The van der Waals surface area contributed by atoms with Gasteiger partial charge in [0.2, 0.25) is 5.78 Å². The van der Waals surface area contributed by atoms with Gasteiger partial charge in [-0.1, -0.05) is 23.7 Å². The highest BCUT2D eigenvalue weighted by Gasteiger charge is 2.12. The predicted octanol–water partition coefficient (Wildman–Crippen LogP) is 2.61. The SMILES string of the molecule is Cc1ccc(C(=O)c2ccn(C)n2)cc1Cl. The maximum Gasteiger partial charge on any atom is 0.213 e. The summed E-state index contributed by atoms with van der Waals surface area (Å²) in [4.78, 5) is 12.0. The molecule has 0 aliphatic heterocycles. The summed E-state index contributed by atoms with van der Waals surface area (Å²) in [5.74, 6) is -0.109. The van der Waals surface area contributed by atoms with Gasteiger partial charge < -0.3 is 0 Å².